The van der Waals surface area contributed by atoms with Crippen molar-refractivity contribution >= 4 is 17.8 Å². The Labute approximate surface area is 170 Å². The lowest BCUT2D eigenvalue weighted by atomic mass is 9.97. The summed E-state index contributed by atoms with van der Waals surface area (Å²) in [5, 5.41) is 2.87. The molecule has 6 nitrogen and oxygen atoms in total. The van der Waals surface area contributed by atoms with Gasteiger partial charge < -0.3 is 15.0 Å². The summed E-state index contributed by atoms with van der Waals surface area (Å²) in [6.07, 6.45) is 1.54. The highest BCUT2D eigenvalue weighted by molar-refractivity contribution is 5.95. The topological polar surface area (TPSA) is 75.7 Å². The number of likely N-dealkylation sites (tertiary alicyclic amines) is 1. The van der Waals surface area contributed by atoms with E-state index in [2.05, 4.69) is 5.32 Å². The number of nitrogens with zero attached hydrogens (tertiary/aromatic N) is 1. The summed E-state index contributed by atoms with van der Waals surface area (Å²) in [4.78, 5) is 38.6. The van der Waals surface area contributed by atoms with Gasteiger partial charge >= 0.3 is 5.97 Å². The molecule has 1 N–H and O–H groups in total. The van der Waals surface area contributed by atoms with E-state index in [1.165, 1.54) is 0 Å². The van der Waals surface area contributed by atoms with Gasteiger partial charge in [0.1, 0.15) is 0 Å². The molecule has 1 heterocycles. The van der Waals surface area contributed by atoms with E-state index in [9.17, 15) is 14.4 Å². The molecule has 0 saturated carbocycles. The van der Waals surface area contributed by atoms with E-state index < -0.39 is 0 Å². The second-order valence-corrected chi connectivity index (χ2v) is 7.09. The summed E-state index contributed by atoms with van der Waals surface area (Å²) in [5.74, 6) is -0.697. The van der Waals surface area contributed by atoms with Crippen LogP contribution in [0.2, 0.25) is 0 Å². The molecule has 2 aromatic carbocycles. The number of esters is 1. The summed E-state index contributed by atoms with van der Waals surface area (Å²) >= 11 is 0. The van der Waals surface area contributed by atoms with Crippen LogP contribution in [0.25, 0.3) is 0 Å². The van der Waals surface area contributed by atoms with Crippen LogP contribution in [0.15, 0.2) is 54.6 Å². The number of hydrogen-bond acceptors (Lipinski definition) is 4. The average Bonchev–Trinajstić information content (AvgIpc) is 2.78. The van der Waals surface area contributed by atoms with E-state index in [4.69, 9.17) is 4.74 Å². The predicted molar refractivity (Wildman–Crippen MR) is 109 cm³/mol. The smallest absolute Gasteiger partial charge is 0.310 e. The van der Waals surface area contributed by atoms with Crippen LogP contribution in [-0.4, -0.2) is 42.4 Å². The summed E-state index contributed by atoms with van der Waals surface area (Å²) in [7, 11) is 0. The van der Waals surface area contributed by atoms with E-state index in [1.54, 1.807) is 36.1 Å². The first-order valence-electron chi connectivity index (χ1n) is 9.96. The Morgan fingerprint density at radius 1 is 1.03 bits per heavy atom. The van der Waals surface area contributed by atoms with Crippen LogP contribution in [0, 0.1) is 5.92 Å². The molecule has 2 aromatic rings. The number of amides is 2. The quantitative estimate of drug-likeness (QED) is 0.764. The standard InChI is InChI=1S/C23H26N2O4/c1-2-29-23(28)20-9-6-14-25(16-20)22(27)19-12-10-17(11-13-19)15-24-21(26)18-7-4-3-5-8-18/h3-5,7-8,10-13,20H,2,6,9,14-16H2,1H3,(H,24,26). The molecular weight excluding hydrogens is 368 g/mol. The Kier molecular flexibility index (Phi) is 7.00. The molecule has 1 atom stereocenters. The molecule has 6 heteroatoms. The number of hydrogen-bond donors (Lipinski definition) is 1. The molecule has 1 unspecified atom stereocenters. The fourth-order valence-electron chi connectivity index (χ4n) is 3.44. The van der Waals surface area contributed by atoms with Crippen LogP contribution in [0.1, 0.15) is 46.0 Å². The lowest BCUT2D eigenvalue weighted by Gasteiger charge is -2.31. The summed E-state index contributed by atoms with van der Waals surface area (Å²) in [6, 6.07) is 16.2. The van der Waals surface area contributed by atoms with Crippen LogP contribution in [0.3, 0.4) is 0 Å². The Morgan fingerprint density at radius 2 is 1.76 bits per heavy atom. The molecule has 29 heavy (non-hydrogen) atoms. The number of nitrogens with one attached hydrogen (secondary N) is 1. The first kappa shape index (κ1) is 20.6. The maximum absolute atomic E-state index is 12.8. The Balaban J connectivity index is 1.56. The monoisotopic (exact) mass is 394 g/mol. The number of piperidine rings is 1. The number of rotatable bonds is 6. The van der Waals surface area contributed by atoms with Crippen molar-refractivity contribution < 1.29 is 19.1 Å². The van der Waals surface area contributed by atoms with Gasteiger partial charge in [-0.05, 0) is 49.6 Å². The van der Waals surface area contributed by atoms with Gasteiger partial charge in [0, 0.05) is 30.8 Å². The zero-order valence-corrected chi connectivity index (χ0v) is 16.6. The van der Waals surface area contributed by atoms with Gasteiger partial charge in [-0.25, -0.2) is 0 Å². The SMILES string of the molecule is CCOC(=O)C1CCCN(C(=O)c2ccc(CNC(=O)c3ccccc3)cc2)C1. The number of benzene rings is 2. The zero-order valence-electron chi connectivity index (χ0n) is 16.6. The third-order valence-corrected chi connectivity index (χ3v) is 5.02. The van der Waals surface area contributed by atoms with Crippen molar-refractivity contribution in [3.8, 4) is 0 Å². The van der Waals surface area contributed by atoms with E-state index in [0.29, 0.717) is 37.4 Å². The molecule has 0 radical (unpaired) electrons. The molecule has 0 aromatic heterocycles. The third-order valence-electron chi connectivity index (χ3n) is 5.02. The Morgan fingerprint density at radius 3 is 2.45 bits per heavy atom. The largest absolute Gasteiger partial charge is 0.466 e. The van der Waals surface area contributed by atoms with Crippen molar-refractivity contribution in [1.82, 2.24) is 10.2 Å². The van der Waals surface area contributed by atoms with Gasteiger partial charge in [0.15, 0.2) is 0 Å². The van der Waals surface area contributed by atoms with Crippen LogP contribution in [0.4, 0.5) is 0 Å². The van der Waals surface area contributed by atoms with Gasteiger partial charge in [-0.1, -0.05) is 30.3 Å². The predicted octanol–water partition coefficient (Wildman–Crippen LogP) is 3.03. The Hall–Kier alpha value is -3.15. The molecule has 152 valence electrons. The van der Waals surface area contributed by atoms with Gasteiger partial charge in [-0.2, -0.15) is 0 Å². The molecule has 1 fully saturated rings. The maximum Gasteiger partial charge on any atom is 0.310 e. The fourth-order valence-corrected chi connectivity index (χ4v) is 3.44. The molecule has 0 bridgehead atoms. The summed E-state index contributed by atoms with van der Waals surface area (Å²) in [5.41, 5.74) is 2.10. The van der Waals surface area contributed by atoms with E-state index in [-0.39, 0.29) is 23.7 Å². The van der Waals surface area contributed by atoms with Crippen molar-refractivity contribution in [1.29, 1.82) is 0 Å². The van der Waals surface area contributed by atoms with Crippen LogP contribution >= 0.6 is 0 Å². The minimum Gasteiger partial charge on any atom is -0.466 e. The average molecular weight is 394 g/mol. The Bertz CT molecular complexity index is 849. The normalized spacial score (nSPS) is 16.2. The van der Waals surface area contributed by atoms with Crippen LogP contribution in [-0.2, 0) is 16.1 Å². The molecule has 2 amide bonds. The summed E-state index contributed by atoms with van der Waals surface area (Å²) < 4.78 is 5.10. The van der Waals surface area contributed by atoms with E-state index in [1.807, 2.05) is 30.3 Å². The minimum absolute atomic E-state index is 0.0844. The minimum atomic E-state index is -0.250. The highest BCUT2D eigenvalue weighted by Gasteiger charge is 2.29. The van der Waals surface area contributed by atoms with Crippen molar-refractivity contribution in [3.63, 3.8) is 0 Å². The molecule has 1 aliphatic heterocycles. The zero-order chi connectivity index (χ0) is 20.6. The van der Waals surface area contributed by atoms with Crippen molar-refractivity contribution in [2.45, 2.75) is 26.3 Å². The first-order chi connectivity index (χ1) is 14.1. The lowest BCUT2D eigenvalue weighted by molar-refractivity contribution is -0.149. The van der Waals surface area contributed by atoms with Gasteiger partial charge in [0.2, 0.25) is 0 Å². The van der Waals surface area contributed by atoms with Crippen LogP contribution in [0.5, 0.6) is 0 Å². The van der Waals surface area contributed by atoms with Gasteiger partial charge in [0.25, 0.3) is 11.8 Å². The molecule has 0 aliphatic carbocycles. The third kappa shape index (κ3) is 5.44. The molecule has 1 saturated heterocycles. The first-order valence-corrected chi connectivity index (χ1v) is 9.96. The molecule has 1 aliphatic rings. The van der Waals surface area contributed by atoms with Gasteiger partial charge in [-0.15, -0.1) is 0 Å². The maximum atomic E-state index is 12.8. The van der Waals surface area contributed by atoms with Crippen molar-refractivity contribution in [2.75, 3.05) is 19.7 Å². The van der Waals surface area contributed by atoms with Gasteiger partial charge in [-0.3, -0.25) is 14.4 Å². The highest BCUT2D eigenvalue weighted by Crippen LogP contribution is 2.20. The van der Waals surface area contributed by atoms with E-state index >= 15 is 0 Å². The second kappa shape index (κ2) is 9.87. The van der Waals surface area contributed by atoms with Crippen molar-refractivity contribution in [3.05, 3.63) is 71.3 Å². The second-order valence-electron chi connectivity index (χ2n) is 7.09. The molecular formula is C23H26N2O4. The number of ether oxygens (including phenoxy) is 1. The fraction of sp³-hybridized carbons (Fsp3) is 0.348. The van der Waals surface area contributed by atoms with E-state index in [0.717, 1.165) is 18.4 Å². The van der Waals surface area contributed by atoms with Crippen molar-refractivity contribution in [2.24, 2.45) is 5.92 Å². The van der Waals surface area contributed by atoms with Crippen LogP contribution < -0.4 is 5.32 Å². The summed E-state index contributed by atoms with van der Waals surface area (Å²) in [6.45, 7) is 3.56. The highest BCUT2D eigenvalue weighted by atomic mass is 16.5. The molecule has 0 spiro atoms. The number of carbonyl (C=O) groups is 3. The lowest BCUT2D eigenvalue weighted by Crippen LogP contribution is -2.42. The number of carbonyl (C=O) groups excluding carboxylic acids is 3. The van der Waals surface area contributed by atoms with Gasteiger partial charge in [0.05, 0.1) is 12.5 Å². The molecule has 3 rings (SSSR count).